The third kappa shape index (κ3) is 9.75. The van der Waals surface area contributed by atoms with Crippen molar-refractivity contribution >= 4 is 0 Å². The molecular weight excluding hydrogens is 460 g/mol. The highest BCUT2D eigenvalue weighted by atomic mass is 15.1. The summed E-state index contributed by atoms with van der Waals surface area (Å²) in [7, 11) is 0. The van der Waals surface area contributed by atoms with E-state index >= 15 is 0 Å². The minimum Gasteiger partial charge on any atom is -0.237 e. The third-order valence-electron chi connectivity index (χ3n) is 8.47. The molecule has 2 aromatic carbocycles. The van der Waals surface area contributed by atoms with Crippen molar-refractivity contribution in [1.82, 2.24) is 4.57 Å². The molecule has 2 unspecified atom stereocenters. The zero-order chi connectivity index (χ0) is 26.9. The first-order chi connectivity index (χ1) is 18.7. The maximum absolute atomic E-state index is 2.53. The Morgan fingerprint density at radius 1 is 0.684 bits per heavy atom. The lowest BCUT2D eigenvalue weighted by atomic mass is 9.70. The molecule has 38 heavy (non-hydrogen) atoms. The van der Waals surface area contributed by atoms with Crippen molar-refractivity contribution in [3.05, 3.63) is 90.5 Å². The van der Waals surface area contributed by atoms with E-state index in [1.165, 1.54) is 94.6 Å². The van der Waals surface area contributed by atoms with Gasteiger partial charge in [-0.25, -0.2) is 9.13 Å². The van der Waals surface area contributed by atoms with Gasteiger partial charge in [-0.2, -0.15) is 0 Å². The van der Waals surface area contributed by atoms with Gasteiger partial charge in [0.15, 0.2) is 0 Å². The summed E-state index contributed by atoms with van der Waals surface area (Å²) in [5.41, 5.74) is 2.89. The van der Waals surface area contributed by atoms with Crippen molar-refractivity contribution in [1.29, 1.82) is 0 Å². The summed E-state index contributed by atoms with van der Waals surface area (Å²) in [5.74, 6) is 0. The van der Waals surface area contributed by atoms with Crippen molar-refractivity contribution in [3.8, 4) is 0 Å². The van der Waals surface area contributed by atoms with E-state index in [1.807, 2.05) is 0 Å². The Bertz CT molecular complexity index is 977. The number of aromatic nitrogens is 2. The number of hydrogen-bond acceptors (Lipinski definition) is 0. The van der Waals surface area contributed by atoms with E-state index in [4.69, 9.17) is 0 Å². The van der Waals surface area contributed by atoms with Crippen LogP contribution >= 0.6 is 0 Å². The molecule has 2 atom stereocenters. The summed E-state index contributed by atoms with van der Waals surface area (Å²) in [6, 6.07) is 22.8. The first kappa shape index (κ1) is 30.2. The molecule has 1 heterocycles. The quantitative estimate of drug-likeness (QED) is 0.105. The van der Waals surface area contributed by atoms with E-state index < -0.39 is 0 Å². The van der Waals surface area contributed by atoms with Crippen molar-refractivity contribution in [2.45, 2.75) is 135 Å². The van der Waals surface area contributed by atoms with Crippen LogP contribution in [0.4, 0.5) is 0 Å². The minimum atomic E-state index is 0.0173. The van der Waals surface area contributed by atoms with Crippen LogP contribution in [0.5, 0.6) is 0 Å². The second-order valence-corrected chi connectivity index (χ2v) is 11.7. The molecule has 0 saturated heterocycles. The molecule has 0 bridgehead atoms. The Labute approximate surface area is 234 Å². The molecule has 0 saturated carbocycles. The molecular formula is C36H55N2+. The Morgan fingerprint density at radius 3 is 1.82 bits per heavy atom. The van der Waals surface area contributed by atoms with Crippen LogP contribution in [0, 0.1) is 0 Å². The first-order valence-corrected chi connectivity index (χ1v) is 15.8. The Balaban J connectivity index is 1.64. The molecule has 0 aliphatic rings. The standard InChI is InChI=1S/C36H55N2/c1-4-6-7-8-9-10-11-12-13-14-15-22-27-35(38-30-29-37(32-38)28-5-2)36(3,34-25-20-17-21-26-34)31-33-23-18-16-19-24-33/h16-21,23-26,29-30,32,35H,4-15,22,27-28,31H2,1-3H3/q+1. The van der Waals surface area contributed by atoms with Gasteiger partial charge in [0.05, 0.1) is 6.54 Å². The van der Waals surface area contributed by atoms with Gasteiger partial charge >= 0.3 is 0 Å². The summed E-state index contributed by atoms with van der Waals surface area (Å²) in [4.78, 5) is 0. The summed E-state index contributed by atoms with van der Waals surface area (Å²) >= 11 is 0. The molecule has 0 spiro atoms. The predicted molar refractivity (Wildman–Crippen MR) is 164 cm³/mol. The van der Waals surface area contributed by atoms with E-state index in [2.05, 4.69) is 109 Å². The molecule has 0 N–H and O–H groups in total. The zero-order valence-corrected chi connectivity index (χ0v) is 24.8. The summed E-state index contributed by atoms with van der Waals surface area (Å²) in [6.07, 6.45) is 27.2. The molecule has 0 amide bonds. The van der Waals surface area contributed by atoms with Gasteiger partial charge in [0, 0.05) is 5.41 Å². The monoisotopic (exact) mass is 515 g/mol. The van der Waals surface area contributed by atoms with Crippen molar-refractivity contribution < 1.29 is 4.57 Å². The van der Waals surface area contributed by atoms with Gasteiger partial charge in [-0.05, 0) is 36.8 Å². The third-order valence-corrected chi connectivity index (χ3v) is 8.47. The van der Waals surface area contributed by atoms with E-state index in [0.717, 1.165) is 19.4 Å². The van der Waals surface area contributed by atoms with E-state index in [1.54, 1.807) is 0 Å². The molecule has 0 aliphatic heterocycles. The summed E-state index contributed by atoms with van der Waals surface area (Å²) < 4.78 is 4.90. The topological polar surface area (TPSA) is 8.81 Å². The lowest BCUT2D eigenvalue weighted by molar-refractivity contribution is -0.696. The van der Waals surface area contributed by atoms with Crippen molar-refractivity contribution in [2.75, 3.05) is 0 Å². The highest BCUT2D eigenvalue weighted by Gasteiger charge is 2.40. The van der Waals surface area contributed by atoms with E-state index in [-0.39, 0.29) is 5.41 Å². The number of imidazole rings is 1. The Hall–Kier alpha value is -2.35. The molecule has 0 radical (unpaired) electrons. The molecule has 1 aromatic heterocycles. The molecule has 2 nitrogen and oxygen atoms in total. The maximum Gasteiger partial charge on any atom is 0.244 e. The zero-order valence-electron chi connectivity index (χ0n) is 24.8. The fourth-order valence-electron chi connectivity index (χ4n) is 6.21. The predicted octanol–water partition coefficient (Wildman–Crippen LogP) is 10.0. The fourth-order valence-corrected chi connectivity index (χ4v) is 6.21. The second-order valence-electron chi connectivity index (χ2n) is 11.7. The number of benzene rings is 2. The second kappa shape index (κ2) is 17.3. The SMILES string of the molecule is CCCCCCCCCCCCCCC(n1cc[n+](CCC)c1)C(C)(Cc1ccccc1)c1ccccc1. The van der Waals surface area contributed by atoms with Gasteiger partial charge in [-0.1, -0.05) is 152 Å². The maximum atomic E-state index is 2.53. The lowest BCUT2D eigenvalue weighted by Crippen LogP contribution is -2.38. The number of unbranched alkanes of at least 4 members (excludes halogenated alkanes) is 11. The van der Waals surface area contributed by atoms with Crippen LogP contribution < -0.4 is 4.57 Å². The van der Waals surface area contributed by atoms with Crippen LogP contribution in [0.2, 0.25) is 0 Å². The first-order valence-electron chi connectivity index (χ1n) is 15.8. The van der Waals surface area contributed by atoms with Crippen LogP contribution in [0.25, 0.3) is 0 Å². The van der Waals surface area contributed by atoms with Gasteiger partial charge in [0.25, 0.3) is 0 Å². The van der Waals surface area contributed by atoms with Crippen LogP contribution in [-0.2, 0) is 18.4 Å². The minimum absolute atomic E-state index is 0.0173. The largest absolute Gasteiger partial charge is 0.244 e. The average Bonchev–Trinajstić information content (AvgIpc) is 3.40. The fraction of sp³-hybridized carbons (Fsp3) is 0.583. The van der Waals surface area contributed by atoms with E-state index in [9.17, 15) is 0 Å². The van der Waals surface area contributed by atoms with Gasteiger partial charge in [0.2, 0.25) is 6.33 Å². The van der Waals surface area contributed by atoms with Crippen LogP contribution in [0.3, 0.4) is 0 Å². The number of rotatable bonds is 20. The smallest absolute Gasteiger partial charge is 0.237 e. The van der Waals surface area contributed by atoms with Gasteiger partial charge in [-0.15, -0.1) is 0 Å². The average molecular weight is 516 g/mol. The molecule has 3 rings (SSSR count). The Morgan fingerprint density at radius 2 is 1.24 bits per heavy atom. The van der Waals surface area contributed by atoms with Crippen LogP contribution in [0.15, 0.2) is 79.4 Å². The van der Waals surface area contributed by atoms with Gasteiger partial charge in [0.1, 0.15) is 18.4 Å². The van der Waals surface area contributed by atoms with Gasteiger partial charge < -0.3 is 0 Å². The highest BCUT2D eigenvalue weighted by Crippen LogP contribution is 2.41. The molecule has 208 valence electrons. The number of hydrogen-bond donors (Lipinski definition) is 0. The Kier molecular flexibility index (Phi) is 13.7. The molecule has 0 fully saturated rings. The van der Waals surface area contributed by atoms with Crippen molar-refractivity contribution in [2.24, 2.45) is 0 Å². The highest BCUT2D eigenvalue weighted by molar-refractivity contribution is 5.30. The summed E-state index contributed by atoms with van der Waals surface area (Å²) in [6.45, 7) is 8.15. The van der Waals surface area contributed by atoms with E-state index in [0.29, 0.717) is 6.04 Å². The molecule has 3 aromatic rings. The van der Waals surface area contributed by atoms with Crippen LogP contribution in [-0.4, -0.2) is 4.57 Å². The molecule has 0 aliphatic carbocycles. The normalized spacial score (nSPS) is 13.9. The number of aryl methyl sites for hydroxylation is 1. The van der Waals surface area contributed by atoms with Crippen molar-refractivity contribution in [3.63, 3.8) is 0 Å². The lowest BCUT2D eigenvalue weighted by Gasteiger charge is -2.37. The summed E-state index contributed by atoms with van der Waals surface area (Å²) in [5, 5.41) is 0. The van der Waals surface area contributed by atoms with Crippen LogP contribution in [0.1, 0.15) is 128 Å². The molecule has 2 heteroatoms. The van der Waals surface area contributed by atoms with Gasteiger partial charge in [-0.3, -0.25) is 0 Å². The number of nitrogens with zero attached hydrogens (tertiary/aromatic N) is 2.